The molecule has 0 aliphatic carbocycles. The molecule has 0 spiro atoms. The van der Waals surface area contributed by atoms with Crippen LogP contribution in [0.2, 0.25) is 0 Å². The van der Waals surface area contributed by atoms with Gasteiger partial charge in [-0.05, 0) is 64.7 Å². The number of aromatic nitrogens is 1. The molecule has 1 fully saturated rings. The van der Waals surface area contributed by atoms with Crippen molar-refractivity contribution in [2.24, 2.45) is 0 Å². The summed E-state index contributed by atoms with van der Waals surface area (Å²) in [6, 6.07) is 71.1. The van der Waals surface area contributed by atoms with Gasteiger partial charge in [-0.3, -0.25) is 4.90 Å². The number of hydrogen-bond donors (Lipinski definition) is 2. The van der Waals surface area contributed by atoms with Gasteiger partial charge in [0.15, 0.2) is 12.3 Å². The van der Waals surface area contributed by atoms with Crippen LogP contribution in [0.25, 0.3) is 69.9 Å². The molecule has 1 aliphatic rings. The molecule has 2 atom stereocenters. The van der Waals surface area contributed by atoms with E-state index in [2.05, 4.69) is 204 Å². The van der Waals surface area contributed by atoms with Crippen molar-refractivity contribution in [3.05, 3.63) is 205 Å². The maximum Gasteiger partial charge on any atom is 0.178 e. The lowest BCUT2D eigenvalue weighted by atomic mass is 9.99. The van der Waals surface area contributed by atoms with Crippen LogP contribution in [0.15, 0.2) is 194 Å². The Morgan fingerprint density at radius 2 is 1.02 bits per heavy atom. The van der Waals surface area contributed by atoms with Gasteiger partial charge in [0.2, 0.25) is 0 Å². The lowest BCUT2D eigenvalue weighted by Gasteiger charge is -2.45. The number of hydrogen-bond acceptors (Lipinski definition) is 2. The zero-order valence-electron chi connectivity index (χ0n) is 29.5. The Hall–Kier alpha value is -6.30. The summed E-state index contributed by atoms with van der Waals surface area (Å²) < 4.78 is 5.11. The minimum absolute atomic E-state index is 0.177. The maximum absolute atomic E-state index is 3.87. The van der Waals surface area contributed by atoms with Crippen LogP contribution in [0, 0.1) is 0 Å². The summed E-state index contributed by atoms with van der Waals surface area (Å²) in [5.41, 5.74) is 12.4. The molecule has 256 valence electrons. The third kappa shape index (κ3) is 5.03. The van der Waals surface area contributed by atoms with Crippen LogP contribution in [-0.4, -0.2) is 4.57 Å². The van der Waals surface area contributed by atoms with E-state index < -0.39 is 0 Å². The lowest BCUT2D eigenvalue weighted by Crippen LogP contribution is -3.19. The molecule has 1 saturated heterocycles. The molecule has 2 aromatic heterocycles. The van der Waals surface area contributed by atoms with E-state index in [1.807, 2.05) is 11.3 Å². The van der Waals surface area contributed by atoms with E-state index in [0.717, 1.165) is 5.69 Å². The van der Waals surface area contributed by atoms with E-state index in [-0.39, 0.29) is 12.3 Å². The van der Waals surface area contributed by atoms with E-state index in [4.69, 9.17) is 0 Å². The highest BCUT2D eigenvalue weighted by Crippen LogP contribution is 2.42. The monoisotopic (exact) mass is 710 g/mol. The number of nitrogens with zero attached hydrogens (tertiary/aromatic N) is 1. The standard InChI is InChI=1S/C50H35N3S/c1-4-13-33(14-5-1)36-23-29-45-43(31-36)44-32-37(40-20-12-21-42-41-19-10-11-22-47(41)54-48(40)42)24-30-46(44)52(45)38-25-27-39(28-26-38)53-49(34-15-6-2-7-16-34)51-50(53)35-17-8-3-9-18-35/h1-32,49-51H/p+1. The summed E-state index contributed by atoms with van der Waals surface area (Å²) in [4.78, 5) is 1.41. The van der Waals surface area contributed by atoms with Crippen molar-refractivity contribution in [1.29, 1.82) is 0 Å². The molecule has 4 heteroatoms. The van der Waals surface area contributed by atoms with Gasteiger partial charge in [0, 0.05) is 59.9 Å². The maximum atomic E-state index is 3.87. The topological polar surface area (TPSA) is 21.4 Å². The predicted octanol–water partition coefficient (Wildman–Crippen LogP) is 12.0. The first-order valence-electron chi connectivity index (χ1n) is 18.7. The third-order valence-electron chi connectivity index (χ3n) is 11.3. The molecule has 0 amide bonds. The second kappa shape index (κ2) is 12.7. The van der Waals surface area contributed by atoms with Gasteiger partial charge in [-0.1, -0.05) is 140 Å². The minimum Gasteiger partial charge on any atom is -0.309 e. The smallest absolute Gasteiger partial charge is 0.178 e. The van der Waals surface area contributed by atoms with Crippen molar-refractivity contribution in [2.75, 3.05) is 0 Å². The molecule has 3 nitrogen and oxygen atoms in total. The zero-order chi connectivity index (χ0) is 35.6. The Morgan fingerprint density at radius 1 is 0.444 bits per heavy atom. The van der Waals surface area contributed by atoms with Crippen molar-refractivity contribution < 1.29 is 4.90 Å². The first-order valence-corrected chi connectivity index (χ1v) is 19.5. The van der Waals surface area contributed by atoms with Gasteiger partial charge in [0.05, 0.1) is 11.0 Å². The Morgan fingerprint density at radius 3 is 1.70 bits per heavy atom. The molecule has 54 heavy (non-hydrogen) atoms. The van der Waals surface area contributed by atoms with Crippen LogP contribution in [0.1, 0.15) is 23.5 Å². The van der Waals surface area contributed by atoms with Crippen LogP contribution in [0.3, 0.4) is 0 Å². The number of fused-ring (bicyclic) bond motifs is 6. The van der Waals surface area contributed by atoms with Crippen molar-refractivity contribution >= 4 is 59.0 Å². The van der Waals surface area contributed by atoms with Gasteiger partial charge in [0.25, 0.3) is 0 Å². The number of nitrogens with one attached hydrogen (secondary N) is 2. The second-order valence-electron chi connectivity index (χ2n) is 14.3. The molecule has 0 radical (unpaired) electrons. The predicted molar refractivity (Wildman–Crippen MR) is 227 cm³/mol. The van der Waals surface area contributed by atoms with Gasteiger partial charge in [-0.15, -0.1) is 11.3 Å². The molecule has 0 bridgehead atoms. The highest BCUT2D eigenvalue weighted by molar-refractivity contribution is 7.26. The molecule has 3 heterocycles. The quantitative estimate of drug-likeness (QED) is 0.176. The summed E-state index contributed by atoms with van der Waals surface area (Å²) in [5.74, 6) is 0. The van der Waals surface area contributed by atoms with Gasteiger partial charge < -0.3 is 4.57 Å². The molecule has 10 aromatic rings. The Balaban J connectivity index is 1.06. The van der Waals surface area contributed by atoms with Gasteiger partial charge >= 0.3 is 0 Å². The SMILES string of the molecule is c1ccc(-c2ccc3c(c2)c2cc(-c4cccc5c4sc4ccccc45)ccc2n3-c2ccc([NH+]3C(c4ccccc4)NC3c3ccccc3)cc2)cc1. The molecule has 11 rings (SSSR count). The molecular formula is C50H36N3S+. The average Bonchev–Trinajstić information content (AvgIpc) is 3.77. The normalized spacial score (nSPS) is 17.0. The fraction of sp³-hybridized carbons (Fsp3) is 0.0400. The molecule has 2 N–H and O–H groups in total. The van der Waals surface area contributed by atoms with E-state index >= 15 is 0 Å². The minimum atomic E-state index is 0.177. The number of quaternary nitrogens is 1. The Bertz CT molecular complexity index is 2920. The third-order valence-corrected chi connectivity index (χ3v) is 12.5. The van der Waals surface area contributed by atoms with Crippen LogP contribution < -0.4 is 10.2 Å². The largest absolute Gasteiger partial charge is 0.309 e. The summed E-state index contributed by atoms with van der Waals surface area (Å²) in [7, 11) is 0. The van der Waals surface area contributed by atoms with Crippen LogP contribution in [0.5, 0.6) is 0 Å². The first-order chi connectivity index (χ1) is 26.8. The first kappa shape index (κ1) is 31.2. The van der Waals surface area contributed by atoms with E-state index in [1.54, 1.807) is 0 Å². The lowest BCUT2D eigenvalue weighted by molar-refractivity contribution is -0.962. The van der Waals surface area contributed by atoms with Crippen LogP contribution in [0.4, 0.5) is 5.69 Å². The average molecular weight is 711 g/mol. The Kier molecular flexibility index (Phi) is 7.34. The van der Waals surface area contributed by atoms with Gasteiger partial charge in [-0.25, -0.2) is 5.32 Å². The van der Waals surface area contributed by atoms with Crippen LogP contribution >= 0.6 is 11.3 Å². The highest BCUT2D eigenvalue weighted by Gasteiger charge is 2.45. The highest BCUT2D eigenvalue weighted by atomic mass is 32.1. The van der Waals surface area contributed by atoms with E-state index in [9.17, 15) is 0 Å². The summed E-state index contributed by atoms with van der Waals surface area (Å²) in [6.07, 6.45) is 0.353. The van der Waals surface area contributed by atoms with E-state index in [0.29, 0.717) is 0 Å². The fourth-order valence-corrected chi connectivity index (χ4v) is 9.89. The molecular weight excluding hydrogens is 675 g/mol. The number of thiophene rings is 1. The molecule has 0 saturated carbocycles. The fourth-order valence-electron chi connectivity index (χ4n) is 8.65. The van der Waals surface area contributed by atoms with Crippen molar-refractivity contribution in [3.8, 4) is 27.9 Å². The second-order valence-corrected chi connectivity index (χ2v) is 15.4. The molecule has 8 aromatic carbocycles. The van der Waals surface area contributed by atoms with Crippen LogP contribution in [-0.2, 0) is 0 Å². The van der Waals surface area contributed by atoms with Crippen molar-refractivity contribution in [2.45, 2.75) is 12.3 Å². The van der Waals surface area contributed by atoms with Gasteiger partial charge in [0.1, 0.15) is 5.69 Å². The Labute approximate surface area is 318 Å². The molecule has 1 aliphatic heterocycles. The summed E-state index contributed by atoms with van der Waals surface area (Å²) in [6.45, 7) is 0. The summed E-state index contributed by atoms with van der Waals surface area (Å²) >= 11 is 1.89. The summed E-state index contributed by atoms with van der Waals surface area (Å²) in [5, 5.41) is 9.03. The van der Waals surface area contributed by atoms with Crippen molar-refractivity contribution in [1.82, 2.24) is 9.88 Å². The number of rotatable bonds is 6. The van der Waals surface area contributed by atoms with Gasteiger partial charge in [-0.2, -0.15) is 0 Å². The van der Waals surface area contributed by atoms with Crippen molar-refractivity contribution in [3.63, 3.8) is 0 Å². The zero-order valence-corrected chi connectivity index (χ0v) is 30.3. The number of benzene rings is 8. The molecule has 2 unspecified atom stereocenters. The van der Waals surface area contributed by atoms with E-state index in [1.165, 1.54) is 85.9 Å².